The summed E-state index contributed by atoms with van der Waals surface area (Å²) < 4.78 is 7.55. The monoisotopic (exact) mass is 398 g/mol. The lowest BCUT2D eigenvalue weighted by Crippen LogP contribution is -2.11. The van der Waals surface area contributed by atoms with Crippen molar-refractivity contribution in [3.8, 4) is 0 Å². The van der Waals surface area contributed by atoms with Crippen LogP contribution in [0.2, 0.25) is 5.02 Å². The molecule has 0 fully saturated rings. The Balaban J connectivity index is 1.51. The molecule has 0 saturated heterocycles. The van der Waals surface area contributed by atoms with Crippen LogP contribution in [-0.2, 0) is 7.05 Å². The van der Waals surface area contributed by atoms with Crippen molar-refractivity contribution < 1.29 is 9.21 Å². The summed E-state index contributed by atoms with van der Waals surface area (Å²) in [6.07, 6.45) is 1.65. The second-order valence-electron chi connectivity index (χ2n) is 6.00. The molecule has 4 rings (SSSR count). The zero-order valence-corrected chi connectivity index (χ0v) is 16.1. The van der Waals surface area contributed by atoms with E-state index in [9.17, 15) is 4.79 Å². The van der Waals surface area contributed by atoms with E-state index >= 15 is 0 Å². The van der Waals surface area contributed by atoms with Crippen LogP contribution in [0, 0.1) is 6.92 Å². The summed E-state index contributed by atoms with van der Waals surface area (Å²) in [4.78, 5) is 13.6. The van der Waals surface area contributed by atoms with Gasteiger partial charge in [0.15, 0.2) is 10.9 Å². The number of rotatable bonds is 4. The Hall–Kier alpha value is -2.77. The second kappa shape index (κ2) is 7.09. The van der Waals surface area contributed by atoms with Crippen LogP contribution >= 0.6 is 23.4 Å². The zero-order valence-electron chi connectivity index (χ0n) is 14.6. The van der Waals surface area contributed by atoms with Crippen molar-refractivity contribution in [2.24, 2.45) is 7.05 Å². The van der Waals surface area contributed by atoms with Crippen LogP contribution in [-0.4, -0.2) is 20.7 Å². The number of amides is 1. The molecule has 4 aromatic rings. The van der Waals surface area contributed by atoms with E-state index in [1.807, 2.05) is 42.8 Å². The molecule has 1 amide bonds. The Morgan fingerprint density at radius 2 is 2.00 bits per heavy atom. The van der Waals surface area contributed by atoms with E-state index < -0.39 is 0 Å². The molecule has 0 aliphatic heterocycles. The number of nitrogens with one attached hydrogen (secondary N) is 1. The molecule has 0 saturated carbocycles. The van der Waals surface area contributed by atoms with E-state index in [4.69, 9.17) is 16.0 Å². The third-order valence-electron chi connectivity index (χ3n) is 4.10. The van der Waals surface area contributed by atoms with Gasteiger partial charge in [0.05, 0.1) is 0 Å². The normalized spacial score (nSPS) is 11.1. The maximum Gasteiger partial charge on any atom is 0.291 e. The topological polar surface area (TPSA) is 73.0 Å². The minimum absolute atomic E-state index is 0.282. The van der Waals surface area contributed by atoms with Crippen molar-refractivity contribution in [1.29, 1.82) is 0 Å². The van der Waals surface area contributed by atoms with Gasteiger partial charge in [-0.15, -0.1) is 10.2 Å². The second-order valence-corrected chi connectivity index (χ2v) is 7.48. The number of aryl methyl sites for hydroxylation is 2. The van der Waals surface area contributed by atoms with Crippen molar-refractivity contribution in [2.75, 3.05) is 5.32 Å². The smallest absolute Gasteiger partial charge is 0.291 e. The van der Waals surface area contributed by atoms with Crippen molar-refractivity contribution in [1.82, 2.24) is 14.8 Å². The highest BCUT2D eigenvalue weighted by molar-refractivity contribution is 7.99. The first kappa shape index (κ1) is 17.6. The quantitative estimate of drug-likeness (QED) is 0.527. The highest BCUT2D eigenvalue weighted by atomic mass is 35.5. The Morgan fingerprint density at radius 1 is 1.22 bits per heavy atom. The molecular weight excluding hydrogens is 384 g/mol. The first-order valence-electron chi connectivity index (χ1n) is 8.13. The lowest BCUT2D eigenvalue weighted by molar-refractivity contribution is 0.0998. The van der Waals surface area contributed by atoms with Crippen LogP contribution < -0.4 is 5.32 Å². The number of aromatic nitrogens is 3. The molecule has 27 heavy (non-hydrogen) atoms. The van der Waals surface area contributed by atoms with Crippen molar-refractivity contribution in [3.05, 3.63) is 65.1 Å². The standard InChI is InChI=1S/C19H15ClN4O2S/c1-11-15-9-12(20)3-8-16(15)26-17(11)18(25)22-13-4-6-14(7-5-13)27-19-23-21-10-24(19)2/h3-10H,1-2H3,(H,22,25). The maximum atomic E-state index is 12.6. The van der Waals surface area contributed by atoms with E-state index in [2.05, 4.69) is 15.5 Å². The third-order valence-corrected chi connectivity index (χ3v) is 5.39. The number of fused-ring (bicyclic) bond motifs is 1. The Labute approximate surface area is 164 Å². The van der Waals surface area contributed by atoms with Crippen molar-refractivity contribution in [3.63, 3.8) is 0 Å². The van der Waals surface area contributed by atoms with E-state index in [0.717, 1.165) is 21.0 Å². The minimum atomic E-state index is -0.298. The number of halogens is 1. The minimum Gasteiger partial charge on any atom is -0.451 e. The first-order valence-corrected chi connectivity index (χ1v) is 9.32. The zero-order chi connectivity index (χ0) is 19.0. The largest absolute Gasteiger partial charge is 0.451 e. The van der Waals surface area contributed by atoms with Gasteiger partial charge in [-0.05, 0) is 61.2 Å². The number of hydrogen-bond donors (Lipinski definition) is 1. The van der Waals surface area contributed by atoms with Crippen LogP contribution in [0.4, 0.5) is 5.69 Å². The third kappa shape index (κ3) is 3.56. The first-order chi connectivity index (χ1) is 13.0. The lowest BCUT2D eigenvalue weighted by Gasteiger charge is -2.05. The molecule has 0 radical (unpaired) electrons. The van der Waals surface area contributed by atoms with E-state index in [-0.39, 0.29) is 11.7 Å². The van der Waals surface area contributed by atoms with Gasteiger partial charge in [-0.2, -0.15) is 0 Å². The summed E-state index contributed by atoms with van der Waals surface area (Å²) in [5.74, 6) is -0.0154. The predicted octanol–water partition coefficient (Wildman–Crippen LogP) is 4.93. The molecule has 0 aliphatic rings. The average molecular weight is 399 g/mol. The van der Waals surface area contributed by atoms with Crippen LogP contribution in [0.1, 0.15) is 16.1 Å². The van der Waals surface area contributed by atoms with Gasteiger partial charge >= 0.3 is 0 Å². The summed E-state index contributed by atoms with van der Waals surface area (Å²) in [6, 6.07) is 12.8. The Morgan fingerprint density at radius 3 is 2.70 bits per heavy atom. The number of hydrogen-bond acceptors (Lipinski definition) is 5. The molecule has 2 aromatic heterocycles. The molecule has 6 nitrogen and oxygen atoms in total. The molecule has 0 unspecified atom stereocenters. The van der Waals surface area contributed by atoms with Gasteiger partial charge in [0.25, 0.3) is 5.91 Å². The van der Waals surface area contributed by atoms with Gasteiger partial charge < -0.3 is 14.3 Å². The maximum absolute atomic E-state index is 12.6. The molecular formula is C19H15ClN4O2S. The SMILES string of the molecule is Cc1c(C(=O)Nc2ccc(Sc3nncn3C)cc2)oc2ccc(Cl)cc12. The van der Waals surface area contributed by atoms with Crippen LogP contribution in [0.3, 0.4) is 0 Å². The molecule has 136 valence electrons. The average Bonchev–Trinajstić information content (AvgIpc) is 3.20. The highest BCUT2D eigenvalue weighted by Crippen LogP contribution is 2.29. The molecule has 0 aliphatic carbocycles. The summed E-state index contributed by atoms with van der Waals surface area (Å²) in [7, 11) is 1.89. The van der Waals surface area contributed by atoms with Crippen LogP contribution in [0.5, 0.6) is 0 Å². The van der Waals surface area contributed by atoms with E-state index in [1.54, 1.807) is 24.5 Å². The van der Waals surface area contributed by atoms with Gasteiger partial charge in [-0.25, -0.2) is 0 Å². The fraction of sp³-hybridized carbons (Fsp3) is 0.105. The summed E-state index contributed by atoms with van der Waals surface area (Å²) in [5, 5.41) is 13.0. The molecule has 2 heterocycles. The van der Waals surface area contributed by atoms with Crippen LogP contribution in [0.25, 0.3) is 11.0 Å². The summed E-state index contributed by atoms with van der Waals surface area (Å²) in [5.41, 5.74) is 2.08. The van der Waals surface area contributed by atoms with E-state index in [0.29, 0.717) is 16.3 Å². The molecule has 8 heteroatoms. The van der Waals surface area contributed by atoms with Crippen molar-refractivity contribution in [2.45, 2.75) is 17.0 Å². The number of benzene rings is 2. The lowest BCUT2D eigenvalue weighted by atomic mass is 10.1. The fourth-order valence-corrected chi connectivity index (χ4v) is 3.61. The van der Waals surface area contributed by atoms with Crippen molar-refractivity contribution >= 4 is 45.9 Å². The molecule has 0 spiro atoms. The predicted molar refractivity (Wildman–Crippen MR) is 105 cm³/mol. The van der Waals surface area contributed by atoms with Gasteiger partial charge in [-0.1, -0.05) is 11.6 Å². The molecule has 0 atom stereocenters. The van der Waals surface area contributed by atoms with Gasteiger partial charge in [0, 0.05) is 33.6 Å². The number of nitrogens with zero attached hydrogens (tertiary/aromatic N) is 3. The molecule has 1 N–H and O–H groups in total. The highest BCUT2D eigenvalue weighted by Gasteiger charge is 2.18. The van der Waals surface area contributed by atoms with Gasteiger partial charge in [0.1, 0.15) is 11.9 Å². The van der Waals surface area contributed by atoms with Gasteiger partial charge in [-0.3, -0.25) is 4.79 Å². The number of carbonyl (C=O) groups excluding carboxylic acids is 1. The Bertz CT molecular complexity index is 1130. The number of carbonyl (C=O) groups is 1. The Kier molecular flexibility index (Phi) is 4.63. The van der Waals surface area contributed by atoms with Crippen LogP contribution in [0.15, 0.2) is 63.3 Å². The summed E-state index contributed by atoms with van der Waals surface area (Å²) in [6.45, 7) is 1.84. The fourth-order valence-electron chi connectivity index (χ4n) is 2.67. The van der Waals surface area contributed by atoms with E-state index in [1.165, 1.54) is 11.8 Å². The number of furan rings is 1. The number of anilines is 1. The summed E-state index contributed by atoms with van der Waals surface area (Å²) >= 11 is 7.53. The van der Waals surface area contributed by atoms with Gasteiger partial charge in [0.2, 0.25) is 0 Å². The molecule has 2 aromatic carbocycles. The molecule has 0 bridgehead atoms.